The highest BCUT2D eigenvalue weighted by Crippen LogP contribution is 2.44. The number of aliphatic hydroxyl groups excluding tert-OH is 1. The fourth-order valence-electron chi connectivity index (χ4n) is 7.25. The summed E-state index contributed by atoms with van der Waals surface area (Å²) in [6, 6.07) is 8.76. The number of halogens is 2. The van der Waals surface area contributed by atoms with Crippen LogP contribution in [0.5, 0.6) is 0 Å². The number of furan rings is 1. The molecule has 1 aromatic heterocycles. The first-order chi connectivity index (χ1) is 20.0. The number of allylic oxidation sites excluding steroid dienone is 8. The van der Waals surface area contributed by atoms with Crippen LogP contribution in [0.3, 0.4) is 0 Å². The lowest BCUT2D eigenvalue weighted by Gasteiger charge is -2.30. The van der Waals surface area contributed by atoms with E-state index in [1.807, 2.05) is 13.8 Å². The molecule has 3 aliphatic carbocycles. The fraction of sp³-hybridized carbons (Fsp3) is 0.526. The third-order valence-corrected chi connectivity index (χ3v) is 9.93. The SMILES string of the molecule is CCC(O)Cc1ccc(C2=CC(CC3CCC(F)(F)CC3)CCC3=C2CCC(C)=CC(c2c(C)oc(C)c2C)=C3)cc1. The molecule has 0 spiro atoms. The number of aryl methyl sites for hydroxylation is 2. The molecule has 2 nitrogen and oxygen atoms in total. The second kappa shape index (κ2) is 12.9. The molecule has 2 unspecified atom stereocenters. The first-order valence-electron chi connectivity index (χ1n) is 16.1. The van der Waals surface area contributed by atoms with Crippen molar-refractivity contribution in [1.82, 2.24) is 0 Å². The summed E-state index contributed by atoms with van der Waals surface area (Å²) in [5.41, 5.74) is 11.5. The van der Waals surface area contributed by atoms with Crippen LogP contribution in [0.4, 0.5) is 8.78 Å². The molecule has 0 saturated heterocycles. The standard InChI is InChI=1S/C38H48F2O2/c1-6-34(41)21-28-8-11-31(12-9-28)36-22-30(20-29-15-17-38(39,40)18-16-29)10-13-32-23-33(19-24(2)7-14-35(32)36)37-25(3)26(4)42-27(37)5/h8-9,11-12,19,22-23,29-30,34,41H,6-7,10,13-18,20-21H2,1-5H3. The van der Waals surface area contributed by atoms with Crippen molar-refractivity contribution in [2.75, 3.05) is 0 Å². The molecule has 0 bridgehead atoms. The average molecular weight is 575 g/mol. The third-order valence-electron chi connectivity index (χ3n) is 9.93. The van der Waals surface area contributed by atoms with Crippen LogP contribution in [-0.4, -0.2) is 17.1 Å². The Morgan fingerprint density at radius 1 is 0.929 bits per heavy atom. The molecule has 0 amide bonds. The maximum atomic E-state index is 13.9. The van der Waals surface area contributed by atoms with Gasteiger partial charge >= 0.3 is 0 Å². The second-order valence-corrected chi connectivity index (χ2v) is 13.2. The van der Waals surface area contributed by atoms with Crippen molar-refractivity contribution >= 4 is 11.1 Å². The van der Waals surface area contributed by atoms with Crippen LogP contribution in [0.1, 0.15) is 112 Å². The zero-order chi connectivity index (χ0) is 30.0. The van der Waals surface area contributed by atoms with Gasteiger partial charge in [-0.25, -0.2) is 8.78 Å². The summed E-state index contributed by atoms with van der Waals surface area (Å²) in [6.07, 6.45) is 14.6. The van der Waals surface area contributed by atoms with Gasteiger partial charge in [-0.1, -0.05) is 55.0 Å². The van der Waals surface area contributed by atoms with Crippen molar-refractivity contribution in [2.24, 2.45) is 11.8 Å². The molecule has 1 fully saturated rings. The zero-order valence-corrected chi connectivity index (χ0v) is 26.2. The van der Waals surface area contributed by atoms with Crippen molar-refractivity contribution in [3.05, 3.63) is 93.0 Å². The van der Waals surface area contributed by atoms with Gasteiger partial charge in [-0.05, 0) is 136 Å². The van der Waals surface area contributed by atoms with E-state index in [0.717, 1.165) is 55.6 Å². The summed E-state index contributed by atoms with van der Waals surface area (Å²) in [5, 5.41) is 10.2. The molecular weight excluding hydrogens is 526 g/mol. The summed E-state index contributed by atoms with van der Waals surface area (Å²) in [5.74, 6) is 0.166. The highest BCUT2D eigenvalue weighted by atomic mass is 19.3. The summed E-state index contributed by atoms with van der Waals surface area (Å²) >= 11 is 0. The predicted octanol–water partition coefficient (Wildman–Crippen LogP) is 10.6. The largest absolute Gasteiger partial charge is 0.466 e. The minimum Gasteiger partial charge on any atom is -0.466 e. The maximum absolute atomic E-state index is 13.9. The Labute approximate surface area is 251 Å². The van der Waals surface area contributed by atoms with Crippen molar-refractivity contribution in [2.45, 2.75) is 117 Å². The van der Waals surface area contributed by atoms with E-state index < -0.39 is 5.92 Å². The van der Waals surface area contributed by atoms with Crippen LogP contribution in [0, 0.1) is 32.6 Å². The Bertz CT molecular complexity index is 1390. The molecule has 0 aliphatic heterocycles. The third kappa shape index (κ3) is 7.08. The van der Waals surface area contributed by atoms with Gasteiger partial charge in [0.1, 0.15) is 11.5 Å². The Morgan fingerprint density at radius 2 is 1.64 bits per heavy atom. The Kier molecular flexibility index (Phi) is 9.42. The van der Waals surface area contributed by atoms with Gasteiger partial charge in [0.2, 0.25) is 5.92 Å². The van der Waals surface area contributed by atoms with Crippen LogP contribution in [0.25, 0.3) is 11.1 Å². The van der Waals surface area contributed by atoms with E-state index in [1.165, 1.54) is 44.6 Å². The highest BCUT2D eigenvalue weighted by Gasteiger charge is 2.35. The van der Waals surface area contributed by atoms with Gasteiger partial charge < -0.3 is 9.52 Å². The van der Waals surface area contributed by atoms with Crippen molar-refractivity contribution < 1.29 is 18.3 Å². The van der Waals surface area contributed by atoms with Gasteiger partial charge in [0, 0.05) is 18.4 Å². The van der Waals surface area contributed by atoms with E-state index in [0.29, 0.717) is 31.1 Å². The number of hydrogen-bond acceptors (Lipinski definition) is 2. The van der Waals surface area contributed by atoms with Crippen LogP contribution >= 0.6 is 0 Å². The normalized spacial score (nSPS) is 22.4. The summed E-state index contributed by atoms with van der Waals surface area (Å²) < 4.78 is 33.9. The Balaban J connectivity index is 1.54. The number of alkyl halides is 2. The molecule has 1 saturated carbocycles. The van der Waals surface area contributed by atoms with Gasteiger partial charge in [-0.3, -0.25) is 0 Å². The molecule has 1 N–H and O–H groups in total. The van der Waals surface area contributed by atoms with Crippen LogP contribution in [0.15, 0.2) is 63.6 Å². The van der Waals surface area contributed by atoms with E-state index in [9.17, 15) is 13.9 Å². The van der Waals surface area contributed by atoms with Gasteiger partial charge in [-0.15, -0.1) is 0 Å². The Hall–Kier alpha value is -2.72. The molecule has 2 atom stereocenters. The predicted molar refractivity (Wildman–Crippen MR) is 170 cm³/mol. The zero-order valence-electron chi connectivity index (χ0n) is 26.2. The maximum Gasteiger partial charge on any atom is 0.248 e. The molecule has 5 rings (SSSR count). The van der Waals surface area contributed by atoms with Crippen LogP contribution in [-0.2, 0) is 6.42 Å². The van der Waals surface area contributed by atoms with Crippen LogP contribution in [0.2, 0.25) is 0 Å². The van der Waals surface area contributed by atoms with E-state index in [4.69, 9.17) is 4.42 Å². The first-order valence-corrected chi connectivity index (χ1v) is 16.1. The van der Waals surface area contributed by atoms with Crippen LogP contribution < -0.4 is 0 Å². The summed E-state index contributed by atoms with van der Waals surface area (Å²) in [6.45, 7) is 10.5. The monoisotopic (exact) mass is 574 g/mol. The molecule has 3 aliphatic rings. The molecule has 0 radical (unpaired) electrons. The number of hydrogen-bond donors (Lipinski definition) is 1. The van der Waals surface area contributed by atoms with Gasteiger partial charge in [0.05, 0.1) is 6.10 Å². The smallest absolute Gasteiger partial charge is 0.248 e. The molecule has 42 heavy (non-hydrogen) atoms. The minimum absolute atomic E-state index is 0.0284. The molecule has 4 heteroatoms. The van der Waals surface area contributed by atoms with Crippen molar-refractivity contribution in [3.63, 3.8) is 0 Å². The number of rotatable bonds is 7. The molecule has 1 aromatic carbocycles. The summed E-state index contributed by atoms with van der Waals surface area (Å²) in [7, 11) is 0. The van der Waals surface area contributed by atoms with Crippen molar-refractivity contribution in [1.29, 1.82) is 0 Å². The number of aliphatic hydroxyl groups is 1. The average Bonchev–Trinajstić information content (AvgIpc) is 3.09. The van der Waals surface area contributed by atoms with E-state index in [2.05, 4.69) is 63.3 Å². The quantitative estimate of drug-likeness (QED) is 0.357. The van der Waals surface area contributed by atoms with Crippen molar-refractivity contribution in [3.8, 4) is 0 Å². The topological polar surface area (TPSA) is 33.4 Å². The fourth-order valence-corrected chi connectivity index (χ4v) is 7.25. The lowest BCUT2D eigenvalue weighted by atomic mass is 9.79. The molecule has 226 valence electrons. The number of benzene rings is 1. The molecule has 2 aromatic rings. The van der Waals surface area contributed by atoms with Gasteiger partial charge in [-0.2, -0.15) is 0 Å². The lowest BCUT2D eigenvalue weighted by molar-refractivity contribution is -0.0475. The Morgan fingerprint density at radius 3 is 2.29 bits per heavy atom. The minimum atomic E-state index is -2.49. The highest BCUT2D eigenvalue weighted by molar-refractivity contribution is 5.85. The van der Waals surface area contributed by atoms with E-state index in [-0.39, 0.29) is 18.9 Å². The summed E-state index contributed by atoms with van der Waals surface area (Å²) in [4.78, 5) is 0. The molecule has 1 heterocycles. The lowest BCUT2D eigenvalue weighted by Crippen LogP contribution is -2.25. The second-order valence-electron chi connectivity index (χ2n) is 13.2. The first kappa shape index (κ1) is 30.7. The van der Waals surface area contributed by atoms with Gasteiger partial charge in [0.15, 0.2) is 0 Å². The molecular formula is C38H48F2O2. The van der Waals surface area contributed by atoms with E-state index >= 15 is 0 Å². The van der Waals surface area contributed by atoms with Gasteiger partial charge in [0.25, 0.3) is 0 Å². The van der Waals surface area contributed by atoms with E-state index in [1.54, 1.807) is 0 Å².